The van der Waals surface area contributed by atoms with Crippen molar-refractivity contribution in [2.75, 3.05) is 32.0 Å². The number of rotatable bonds is 8. The monoisotopic (exact) mass is 571 g/mol. The number of amides is 1. The van der Waals surface area contributed by atoms with Crippen molar-refractivity contribution in [3.63, 3.8) is 0 Å². The Morgan fingerprint density at radius 3 is 2.48 bits per heavy atom. The van der Waals surface area contributed by atoms with E-state index in [4.69, 9.17) is 24.7 Å². The largest absolute Gasteiger partial charge is 0.449 e. The van der Waals surface area contributed by atoms with E-state index < -0.39 is 18.1 Å². The van der Waals surface area contributed by atoms with Crippen LogP contribution in [-0.4, -0.2) is 76.0 Å². The van der Waals surface area contributed by atoms with Gasteiger partial charge < -0.3 is 35.3 Å². The predicted molar refractivity (Wildman–Crippen MR) is 153 cm³/mol. The Balaban J connectivity index is 0.918. The van der Waals surface area contributed by atoms with E-state index in [0.717, 1.165) is 0 Å². The molecule has 12 heteroatoms. The summed E-state index contributed by atoms with van der Waals surface area (Å²) in [6, 6.07) is 16.5. The van der Waals surface area contributed by atoms with Gasteiger partial charge in [0.05, 0.1) is 6.33 Å². The molecule has 2 saturated heterocycles. The van der Waals surface area contributed by atoms with Gasteiger partial charge in [-0.15, -0.1) is 0 Å². The molecule has 2 aromatic heterocycles. The maximum Gasteiger partial charge on any atom is 0.407 e. The fourth-order valence-electron chi connectivity index (χ4n) is 6.25. The number of aromatic nitrogens is 4. The average Bonchev–Trinajstić information content (AvgIpc) is 3.72. The van der Waals surface area contributed by atoms with Gasteiger partial charge >= 0.3 is 6.09 Å². The molecule has 42 heavy (non-hydrogen) atoms. The zero-order valence-electron chi connectivity index (χ0n) is 23.4. The van der Waals surface area contributed by atoms with E-state index in [9.17, 15) is 4.79 Å². The average molecular weight is 572 g/mol. The molecule has 2 aliphatic heterocycles. The van der Waals surface area contributed by atoms with Gasteiger partial charge in [0.25, 0.3) is 0 Å². The lowest BCUT2D eigenvalue weighted by Crippen LogP contribution is -2.40. The first-order valence-electron chi connectivity index (χ1n) is 14.1. The molecule has 7 rings (SSSR count). The highest BCUT2D eigenvalue weighted by Gasteiger charge is 2.56. The highest BCUT2D eigenvalue weighted by molar-refractivity contribution is 5.81. The molecule has 2 fully saturated rings. The summed E-state index contributed by atoms with van der Waals surface area (Å²) in [5, 5.41) is 6.19. The summed E-state index contributed by atoms with van der Waals surface area (Å²) in [7, 11) is 0. The van der Waals surface area contributed by atoms with Gasteiger partial charge in [-0.2, -0.15) is 0 Å². The predicted octanol–water partition coefficient (Wildman–Crippen LogP) is 2.95. The van der Waals surface area contributed by atoms with Crippen LogP contribution in [0, 0.1) is 0 Å². The third kappa shape index (κ3) is 4.75. The van der Waals surface area contributed by atoms with Crippen LogP contribution in [0.1, 0.15) is 37.1 Å². The van der Waals surface area contributed by atoms with Gasteiger partial charge in [-0.1, -0.05) is 48.5 Å². The Hall–Kier alpha value is -4.10. The Morgan fingerprint density at radius 2 is 1.71 bits per heavy atom. The van der Waals surface area contributed by atoms with Crippen LogP contribution in [0.3, 0.4) is 0 Å². The number of ether oxygens (including phenoxy) is 4. The molecule has 0 spiro atoms. The smallest absolute Gasteiger partial charge is 0.407 e. The van der Waals surface area contributed by atoms with Crippen LogP contribution in [0.25, 0.3) is 22.3 Å². The molecule has 4 N–H and O–H groups in total. The molecule has 4 aromatic rings. The number of carbonyl (C=O) groups excluding carboxylic acids is 1. The zero-order valence-corrected chi connectivity index (χ0v) is 23.4. The van der Waals surface area contributed by atoms with Crippen molar-refractivity contribution in [1.82, 2.24) is 30.2 Å². The Bertz CT molecular complexity index is 1580. The Labute approximate surface area is 242 Å². The lowest BCUT2D eigenvalue weighted by atomic mass is 9.98. The quantitative estimate of drug-likeness (QED) is 0.270. The van der Waals surface area contributed by atoms with Crippen LogP contribution in [0.5, 0.6) is 0 Å². The molecule has 0 saturated carbocycles. The number of nitrogen functional groups attached to an aromatic ring is 1. The first-order valence-corrected chi connectivity index (χ1v) is 14.1. The Morgan fingerprint density at radius 1 is 1.00 bits per heavy atom. The summed E-state index contributed by atoms with van der Waals surface area (Å²) in [6.07, 6.45) is 1.14. The zero-order chi connectivity index (χ0) is 28.8. The van der Waals surface area contributed by atoms with Crippen LogP contribution >= 0.6 is 0 Å². The van der Waals surface area contributed by atoms with E-state index in [1.54, 1.807) is 6.33 Å². The third-order valence-corrected chi connectivity index (χ3v) is 8.05. The minimum absolute atomic E-state index is 0.0232. The number of carbonyl (C=O) groups is 1. The van der Waals surface area contributed by atoms with Crippen molar-refractivity contribution in [1.29, 1.82) is 0 Å². The van der Waals surface area contributed by atoms with Gasteiger partial charge in [-0.05, 0) is 36.1 Å². The standard InChI is InChI=1S/C30H33N7O5/c1-30(2)41-24-22(40-28(25(24)42-30)37-16-36-23-26(31)34-15-35-27(23)37)13-32-11-12-33-29(38)39-14-21-19-9-5-3-7-17(19)18-8-4-6-10-20(18)21/h3-10,15-16,21-22,24-25,28,32H,11-14H2,1-2H3,(H,33,38)(H2,31,34,35)/t22-,24-,25-,28-/m1/s1. The van der Waals surface area contributed by atoms with E-state index in [0.29, 0.717) is 36.6 Å². The normalized spacial score (nSPS) is 24.0. The van der Waals surface area contributed by atoms with Gasteiger partial charge in [-0.3, -0.25) is 4.57 Å². The number of anilines is 1. The van der Waals surface area contributed by atoms with Crippen LogP contribution in [-0.2, 0) is 18.9 Å². The maximum atomic E-state index is 12.5. The van der Waals surface area contributed by atoms with Gasteiger partial charge in [0.2, 0.25) is 0 Å². The van der Waals surface area contributed by atoms with Crippen molar-refractivity contribution in [2.24, 2.45) is 0 Å². The second-order valence-corrected chi connectivity index (χ2v) is 11.2. The summed E-state index contributed by atoms with van der Waals surface area (Å²) in [5.74, 6) is -0.430. The SMILES string of the molecule is CC1(C)O[C@@H]2[C@H](O1)[C@@H](CNCCNC(=O)OCC1c3ccccc3-c3ccccc31)O[C@H]2n1cnc2c(N)ncnc21. The lowest BCUT2D eigenvalue weighted by Gasteiger charge is -2.25. The van der Waals surface area contributed by atoms with Gasteiger partial charge in [0.15, 0.2) is 23.5 Å². The number of imidazole rings is 1. The molecule has 1 aliphatic carbocycles. The minimum atomic E-state index is -0.758. The van der Waals surface area contributed by atoms with Crippen molar-refractivity contribution < 1.29 is 23.7 Å². The number of hydrogen-bond acceptors (Lipinski definition) is 10. The van der Waals surface area contributed by atoms with E-state index in [1.165, 1.54) is 28.6 Å². The number of alkyl carbamates (subject to hydrolysis) is 1. The molecule has 0 bridgehead atoms. The van der Waals surface area contributed by atoms with Crippen LogP contribution < -0.4 is 16.4 Å². The molecule has 4 atom stereocenters. The van der Waals surface area contributed by atoms with Crippen molar-refractivity contribution in [3.8, 4) is 11.1 Å². The molecule has 4 heterocycles. The second kappa shape index (κ2) is 10.6. The third-order valence-electron chi connectivity index (χ3n) is 8.05. The first-order chi connectivity index (χ1) is 20.4. The molecule has 2 aromatic carbocycles. The summed E-state index contributed by atoms with van der Waals surface area (Å²) in [5.41, 5.74) is 11.8. The second-order valence-electron chi connectivity index (χ2n) is 11.2. The summed E-state index contributed by atoms with van der Waals surface area (Å²) in [4.78, 5) is 25.3. The first kappa shape index (κ1) is 26.8. The molecule has 0 radical (unpaired) electrons. The fourth-order valence-corrected chi connectivity index (χ4v) is 6.25. The number of benzene rings is 2. The molecule has 218 valence electrons. The maximum absolute atomic E-state index is 12.5. The number of fused-ring (bicyclic) bond motifs is 5. The number of nitrogens with two attached hydrogens (primary N) is 1. The van der Waals surface area contributed by atoms with Gasteiger partial charge in [0, 0.05) is 25.6 Å². The van der Waals surface area contributed by atoms with E-state index >= 15 is 0 Å². The van der Waals surface area contributed by atoms with E-state index in [1.807, 2.05) is 42.7 Å². The lowest BCUT2D eigenvalue weighted by molar-refractivity contribution is -0.195. The highest BCUT2D eigenvalue weighted by Crippen LogP contribution is 2.45. The topological polar surface area (TPSA) is 148 Å². The van der Waals surface area contributed by atoms with Crippen molar-refractivity contribution in [3.05, 3.63) is 72.3 Å². The van der Waals surface area contributed by atoms with E-state index in [-0.39, 0.29) is 30.8 Å². The van der Waals surface area contributed by atoms with Crippen LogP contribution in [0.2, 0.25) is 0 Å². The number of nitrogens with zero attached hydrogens (tertiary/aromatic N) is 4. The van der Waals surface area contributed by atoms with Crippen molar-refractivity contribution in [2.45, 2.75) is 50.1 Å². The van der Waals surface area contributed by atoms with E-state index in [2.05, 4.69) is 49.9 Å². The summed E-state index contributed by atoms with van der Waals surface area (Å²) >= 11 is 0. The summed E-state index contributed by atoms with van der Waals surface area (Å²) < 4.78 is 26.3. The van der Waals surface area contributed by atoms with Gasteiger partial charge in [0.1, 0.15) is 36.8 Å². The molecule has 3 aliphatic rings. The number of hydrogen-bond donors (Lipinski definition) is 3. The van der Waals surface area contributed by atoms with Gasteiger partial charge in [-0.25, -0.2) is 19.7 Å². The molecule has 12 nitrogen and oxygen atoms in total. The Kier molecular flexibility index (Phi) is 6.77. The minimum Gasteiger partial charge on any atom is -0.449 e. The summed E-state index contributed by atoms with van der Waals surface area (Å²) in [6.45, 7) is 5.46. The van der Waals surface area contributed by atoms with Crippen LogP contribution in [0.15, 0.2) is 61.2 Å². The molecular formula is C30H33N7O5. The van der Waals surface area contributed by atoms with Crippen LogP contribution in [0.4, 0.5) is 10.6 Å². The highest BCUT2D eigenvalue weighted by atomic mass is 16.8. The fraction of sp³-hybridized carbons (Fsp3) is 0.400. The molecule has 1 amide bonds. The molecule has 0 unspecified atom stereocenters. The number of nitrogens with one attached hydrogen (secondary N) is 2. The molecular weight excluding hydrogens is 538 g/mol. The van der Waals surface area contributed by atoms with Crippen molar-refractivity contribution >= 4 is 23.1 Å².